The van der Waals surface area contributed by atoms with Gasteiger partial charge in [-0.25, -0.2) is 0 Å². The topological polar surface area (TPSA) is 64.2 Å². The van der Waals surface area contributed by atoms with Gasteiger partial charge in [-0.3, -0.25) is 19.7 Å². The Morgan fingerprint density at radius 2 is 2.35 bits per heavy atom. The van der Waals surface area contributed by atoms with E-state index in [9.17, 15) is 10.1 Å². The molecule has 1 atom stereocenters. The summed E-state index contributed by atoms with van der Waals surface area (Å²) in [4.78, 5) is 12.9. The van der Waals surface area contributed by atoms with Crippen LogP contribution in [-0.2, 0) is 6.67 Å². The van der Waals surface area contributed by atoms with Crippen molar-refractivity contribution in [3.63, 3.8) is 0 Å². The summed E-state index contributed by atoms with van der Waals surface area (Å²) in [5.74, 6) is 0.708. The van der Waals surface area contributed by atoms with Gasteiger partial charge in [-0.1, -0.05) is 6.92 Å². The molecule has 0 bridgehead atoms. The fourth-order valence-corrected chi connectivity index (χ4v) is 2.89. The lowest BCUT2D eigenvalue weighted by atomic mass is 10.0. The molecule has 6 heteroatoms. The van der Waals surface area contributed by atoms with E-state index in [0.717, 1.165) is 24.0 Å². The van der Waals surface area contributed by atoms with Gasteiger partial charge in [-0.05, 0) is 31.4 Å². The molecule has 0 unspecified atom stereocenters. The van der Waals surface area contributed by atoms with Crippen LogP contribution in [0.3, 0.4) is 0 Å². The number of fused-ring (bicyclic) bond motifs is 1. The van der Waals surface area contributed by atoms with E-state index in [1.165, 1.54) is 18.9 Å². The molecule has 0 amide bonds. The number of piperidine rings is 1. The summed E-state index contributed by atoms with van der Waals surface area (Å²) in [6, 6.07) is 4.89. The molecule has 6 nitrogen and oxygen atoms in total. The van der Waals surface area contributed by atoms with Gasteiger partial charge in [-0.2, -0.15) is 5.10 Å². The molecule has 1 aliphatic heterocycles. The monoisotopic (exact) mass is 274 g/mol. The Kier molecular flexibility index (Phi) is 3.40. The maximum absolute atomic E-state index is 10.9. The number of nitro groups is 1. The van der Waals surface area contributed by atoms with Crippen molar-refractivity contribution in [2.75, 3.05) is 13.1 Å². The van der Waals surface area contributed by atoms with E-state index in [4.69, 9.17) is 0 Å². The highest BCUT2D eigenvalue weighted by atomic mass is 16.6. The average Bonchev–Trinajstić information content (AvgIpc) is 2.81. The minimum atomic E-state index is -0.361. The fraction of sp³-hybridized carbons (Fsp3) is 0.500. The third-order valence-electron chi connectivity index (χ3n) is 3.91. The third-order valence-corrected chi connectivity index (χ3v) is 3.91. The predicted octanol–water partition coefficient (Wildman–Crippen LogP) is 2.63. The number of non-ortho nitro benzene ring substituents is 1. The third kappa shape index (κ3) is 2.51. The van der Waals surface area contributed by atoms with Crippen molar-refractivity contribution in [2.45, 2.75) is 26.4 Å². The number of rotatable bonds is 3. The molecule has 0 N–H and O–H groups in total. The van der Waals surface area contributed by atoms with E-state index in [1.807, 2.05) is 4.68 Å². The van der Waals surface area contributed by atoms with Crippen molar-refractivity contribution in [1.82, 2.24) is 14.7 Å². The molecular formula is C14H18N4O2. The normalized spacial score (nSPS) is 20.4. The van der Waals surface area contributed by atoms with Crippen LogP contribution in [0.5, 0.6) is 0 Å². The van der Waals surface area contributed by atoms with Gasteiger partial charge in [0.25, 0.3) is 5.69 Å². The SMILES string of the molecule is C[C@H]1CCCN(Cn2ncc3ccc([N+](=O)[O-])cc32)C1. The first kappa shape index (κ1) is 13.1. The number of aromatic nitrogens is 2. The molecule has 1 aliphatic rings. The predicted molar refractivity (Wildman–Crippen MR) is 76.4 cm³/mol. The largest absolute Gasteiger partial charge is 0.284 e. The second-order valence-corrected chi connectivity index (χ2v) is 5.61. The quantitative estimate of drug-likeness (QED) is 0.637. The second-order valence-electron chi connectivity index (χ2n) is 5.61. The van der Waals surface area contributed by atoms with Gasteiger partial charge in [0.2, 0.25) is 0 Å². The summed E-state index contributed by atoms with van der Waals surface area (Å²) < 4.78 is 1.86. The fourth-order valence-electron chi connectivity index (χ4n) is 2.89. The number of nitro benzene ring substituents is 1. The Labute approximate surface area is 117 Å². The molecule has 20 heavy (non-hydrogen) atoms. The molecule has 0 radical (unpaired) electrons. The van der Waals surface area contributed by atoms with Crippen LogP contribution in [0.1, 0.15) is 19.8 Å². The van der Waals surface area contributed by atoms with Crippen LogP contribution in [0.25, 0.3) is 10.9 Å². The summed E-state index contributed by atoms with van der Waals surface area (Å²) in [6.07, 6.45) is 4.26. The van der Waals surface area contributed by atoms with Crippen LogP contribution in [0.2, 0.25) is 0 Å². The number of hydrogen-bond donors (Lipinski definition) is 0. The zero-order valence-corrected chi connectivity index (χ0v) is 11.5. The Bertz CT molecular complexity index is 637. The van der Waals surface area contributed by atoms with E-state index in [0.29, 0.717) is 12.6 Å². The zero-order chi connectivity index (χ0) is 14.1. The van der Waals surface area contributed by atoms with Crippen molar-refractivity contribution >= 4 is 16.6 Å². The molecule has 1 fully saturated rings. The van der Waals surface area contributed by atoms with Crippen LogP contribution >= 0.6 is 0 Å². The molecule has 1 aromatic heterocycles. The lowest BCUT2D eigenvalue weighted by Crippen LogP contribution is -2.35. The molecule has 1 aromatic carbocycles. The Morgan fingerprint density at radius 1 is 1.50 bits per heavy atom. The Morgan fingerprint density at radius 3 is 3.10 bits per heavy atom. The lowest BCUT2D eigenvalue weighted by Gasteiger charge is -2.30. The molecular weight excluding hydrogens is 256 g/mol. The van der Waals surface area contributed by atoms with Crippen molar-refractivity contribution in [1.29, 1.82) is 0 Å². The summed E-state index contributed by atoms with van der Waals surface area (Å²) in [5, 5.41) is 16.2. The van der Waals surface area contributed by atoms with Crippen LogP contribution in [0.4, 0.5) is 5.69 Å². The number of likely N-dealkylation sites (tertiary alicyclic amines) is 1. The average molecular weight is 274 g/mol. The van der Waals surface area contributed by atoms with Crippen molar-refractivity contribution in [3.8, 4) is 0 Å². The van der Waals surface area contributed by atoms with Crippen LogP contribution in [0.15, 0.2) is 24.4 Å². The van der Waals surface area contributed by atoms with Gasteiger partial charge >= 0.3 is 0 Å². The highest BCUT2D eigenvalue weighted by molar-refractivity contribution is 5.80. The molecule has 2 aromatic rings. The van der Waals surface area contributed by atoms with E-state index in [1.54, 1.807) is 18.3 Å². The standard InChI is InChI=1S/C14H18N4O2/c1-11-3-2-6-16(9-11)10-17-14-7-13(18(19)20)5-4-12(14)8-15-17/h4-5,7-8,11H,2-3,6,9-10H2,1H3/t11-/m0/s1. The highest BCUT2D eigenvalue weighted by Crippen LogP contribution is 2.22. The van der Waals surface area contributed by atoms with Crippen molar-refractivity contribution in [2.24, 2.45) is 5.92 Å². The van der Waals surface area contributed by atoms with E-state index in [2.05, 4.69) is 16.9 Å². The van der Waals surface area contributed by atoms with Gasteiger partial charge in [-0.15, -0.1) is 0 Å². The molecule has 1 saturated heterocycles. The first-order valence-electron chi connectivity index (χ1n) is 6.96. The molecule has 0 aliphatic carbocycles. The molecule has 0 spiro atoms. The Hall–Kier alpha value is -1.95. The second kappa shape index (κ2) is 5.20. The van der Waals surface area contributed by atoms with Gasteiger partial charge in [0.15, 0.2) is 0 Å². The van der Waals surface area contributed by atoms with Gasteiger partial charge in [0.1, 0.15) is 0 Å². The molecule has 0 saturated carbocycles. The number of benzene rings is 1. The summed E-state index contributed by atoms with van der Waals surface area (Å²) in [5.41, 5.74) is 0.948. The first-order valence-corrected chi connectivity index (χ1v) is 6.96. The zero-order valence-electron chi connectivity index (χ0n) is 11.5. The number of hydrogen-bond acceptors (Lipinski definition) is 4. The van der Waals surface area contributed by atoms with Crippen LogP contribution in [-0.4, -0.2) is 32.7 Å². The van der Waals surface area contributed by atoms with E-state index in [-0.39, 0.29) is 10.6 Å². The van der Waals surface area contributed by atoms with E-state index < -0.39 is 0 Å². The summed E-state index contributed by atoms with van der Waals surface area (Å²) >= 11 is 0. The van der Waals surface area contributed by atoms with E-state index >= 15 is 0 Å². The van der Waals surface area contributed by atoms with Crippen LogP contribution in [0, 0.1) is 16.0 Å². The smallest absolute Gasteiger partial charge is 0.271 e. The first-order chi connectivity index (χ1) is 9.63. The molecule has 3 rings (SSSR count). The van der Waals surface area contributed by atoms with Gasteiger partial charge in [0.05, 0.1) is 23.3 Å². The molecule has 2 heterocycles. The minimum absolute atomic E-state index is 0.117. The lowest BCUT2D eigenvalue weighted by molar-refractivity contribution is -0.384. The van der Waals surface area contributed by atoms with Crippen molar-refractivity contribution in [3.05, 3.63) is 34.5 Å². The van der Waals surface area contributed by atoms with Crippen molar-refractivity contribution < 1.29 is 4.92 Å². The van der Waals surface area contributed by atoms with Gasteiger partial charge < -0.3 is 0 Å². The highest BCUT2D eigenvalue weighted by Gasteiger charge is 2.18. The molecule has 106 valence electrons. The Balaban J connectivity index is 1.87. The maximum atomic E-state index is 10.9. The number of nitrogens with zero attached hydrogens (tertiary/aromatic N) is 4. The summed E-state index contributed by atoms with van der Waals surface area (Å²) in [7, 11) is 0. The van der Waals surface area contributed by atoms with Crippen LogP contribution < -0.4 is 0 Å². The minimum Gasteiger partial charge on any atom is -0.284 e. The van der Waals surface area contributed by atoms with Gasteiger partial charge in [0, 0.05) is 24.1 Å². The maximum Gasteiger partial charge on any atom is 0.271 e. The summed E-state index contributed by atoms with van der Waals surface area (Å²) in [6.45, 7) is 5.10.